The second-order valence-corrected chi connectivity index (χ2v) is 7.32. The number of aryl methyl sites for hydroxylation is 3. The molecule has 0 saturated heterocycles. The molecule has 0 radical (unpaired) electrons. The van der Waals surface area contributed by atoms with Crippen LogP contribution in [0.3, 0.4) is 0 Å². The van der Waals surface area contributed by atoms with Gasteiger partial charge in [0.25, 0.3) is 5.91 Å². The van der Waals surface area contributed by atoms with E-state index in [1.807, 2.05) is 35.9 Å². The lowest BCUT2D eigenvalue weighted by Gasteiger charge is -2.13. The predicted molar refractivity (Wildman–Crippen MR) is 121 cm³/mol. The van der Waals surface area contributed by atoms with Gasteiger partial charge in [0, 0.05) is 37.9 Å². The van der Waals surface area contributed by atoms with Gasteiger partial charge in [-0.2, -0.15) is 5.10 Å². The van der Waals surface area contributed by atoms with E-state index >= 15 is 0 Å². The first-order valence-corrected chi connectivity index (χ1v) is 10.4. The molecule has 8 nitrogen and oxygen atoms in total. The smallest absolute Gasteiger partial charge is 0.251 e. The molecule has 164 valence electrons. The van der Waals surface area contributed by atoms with Crippen molar-refractivity contribution >= 4 is 11.9 Å². The number of furan rings is 1. The van der Waals surface area contributed by atoms with Crippen LogP contribution in [-0.2, 0) is 19.6 Å². The molecule has 0 atom stereocenters. The summed E-state index contributed by atoms with van der Waals surface area (Å²) in [4.78, 5) is 16.7. The standard InChI is InChI=1S/C23H30N6O2/c1-17-13-18(2)29(28-17)11-6-10-25-23(24-3)27-15-19-7-4-8-20(14-19)22(30)26-16-21-9-5-12-31-21/h4-5,7-9,12-14H,6,10-11,15-16H2,1-3H3,(H,26,30)(H2,24,25,27). The van der Waals surface area contributed by atoms with Crippen LogP contribution in [0, 0.1) is 13.8 Å². The molecule has 8 heteroatoms. The fourth-order valence-corrected chi connectivity index (χ4v) is 3.25. The molecule has 0 fully saturated rings. The molecule has 31 heavy (non-hydrogen) atoms. The molecule has 2 aromatic heterocycles. The van der Waals surface area contributed by atoms with Crippen molar-refractivity contribution in [2.24, 2.45) is 4.99 Å². The first kappa shape index (κ1) is 22.1. The lowest BCUT2D eigenvalue weighted by molar-refractivity contribution is 0.0948. The Balaban J connectivity index is 1.43. The first-order chi connectivity index (χ1) is 15.0. The van der Waals surface area contributed by atoms with Gasteiger partial charge in [0.1, 0.15) is 5.76 Å². The summed E-state index contributed by atoms with van der Waals surface area (Å²) >= 11 is 0. The molecule has 0 aliphatic carbocycles. The Kier molecular flexibility index (Phi) is 7.86. The maximum absolute atomic E-state index is 12.4. The largest absolute Gasteiger partial charge is 0.467 e. The number of guanidine groups is 1. The molecule has 0 saturated carbocycles. The Morgan fingerprint density at radius 1 is 1.10 bits per heavy atom. The Hall–Kier alpha value is -3.55. The van der Waals surface area contributed by atoms with Gasteiger partial charge in [-0.25, -0.2) is 0 Å². The molecule has 0 spiro atoms. The minimum atomic E-state index is -0.134. The van der Waals surface area contributed by atoms with Crippen molar-refractivity contribution in [1.29, 1.82) is 0 Å². The van der Waals surface area contributed by atoms with Crippen molar-refractivity contribution in [3.05, 3.63) is 77.0 Å². The van der Waals surface area contributed by atoms with Gasteiger partial charge in [0.2, 0.25) is 0 Å². The number of hydrogen-bond donors (Lipinski definition) is 3. The van der Waals surface area contributed by atoms with E-state index in [9.17, 15) is 4.79 Å². The summed E-state index contributed by atoms with van der Waals surface area (Å²) in [7, 11) is 1.74. The Bertz CT molecular complexity index is 1010. The van der Waals surface area contributed by atoms with E-state index < -0.39 is 0 Å². The second kappa shape index (κ2) is 11.0. The number of aliphatic imine (C=N–C) groups is 1. The van der Waals surface area contributed by atoms with E-state index in [2.05, 4.69) is 39.0 Å². The topological polar surface area (TPSA) is 96.5 Å². The van der Waals surface area contributed by atoms with Crippen LogP contribution in [0.4, 0.5) is 0 Å². The van der Waals surface area contributed by atoms with Crippen LogP contribution in [0.1, 0.15) is 39.5 Å². The van der Waals surface area contributed by atoms with Crippen LogP contribution in [0.2, 0.25) is 0 Å². The van der Waals surface area contributed by atoms with Gasteiger partial charge in [-0.05, 0) is 56.2 Å². The van der Waals surface area contributed by atoms with E-state index in [-0.39, 0.29) is 5.91 Å². The summed E-state index contributed by atoms with van der Waals surface area (Å²) in [5.41, 5.74) is 3.82. The molecule has 2 heterocycles. The van der Waals surface area contributed by atoms with Crippen molar-refractivity contribution in [1.82, 2.24) is 25.7 Å². The van der Waals surface area contributed by atoms with E-state index in [0.29, 0.717) is 18.7 Å². The number of amides is 1. The third kappa shape index (κ3) is 6.74. The number of benzene rings is 1. The van der Waals surface area contributed by atoms with Gasteiger partial charge in [-0.15, -0.1) is 0 Å². The van der Waals surface area contributed by atoms with Crippen molar-refractivity contribution in [2.75, 3.05) is 13.6 Å². The monoisotopic (exact) mass is 422 g/mol. The summed E-state index contributed by atoms with van der Waals surface area (Å²) in [6.07, 6.45) is 2.53. The molecular formula is C23H30N6O2. The summed E-state index contributed by atoms with van der Waals surface area (Å²) in [6, 6.07) is 13.2. The maximum Gasteiger partial charge on any atom is 0.251 e. The van der Waals surface area contributed by atoms with E-state index in [4.69, 9.17) is 4.42 Å². The minimum Gasteiger partial charge on any atom is -0.467 e. The zero-order valence-electron chi connectivity index (χ0n) is 18.3. The van der Waals surface area contributed by atoms with E-state index in [1.165, 1.54) is 5.69 Å². The number of hydrogen-bond acceptors (Lipinski definition) is 4. The van der Waals surface area contributed by atoms with Gasteiger partial charge in [0.05, 0.1) is 18.5 Å². The Labute approximate surface area is 182 Å². The van der Waals surface area contributed by atoms with Crippen molar-refractivity contribution in [2.45, 2.75) is 39.9 Å². The molecule has 0 aliphatic heterocycles. The van der Waals surface area contributed by atoms with Gasteiger partial charge in [-0.3, -0.25) is 14.5 Å². The molecule has 3 aromatic rings. The van der Waals surface area contributed by atoms with Crippen molar-refractivity contribution in [3.8, 4) is 0 Å². The van der Waals surface area contributed by atoms with Gasteiger partial charge in [-0.1, -0.05) is 12.1 Å². The summed E-state index contributed by atoms with van der Waals surface area (Å²) in [5, 5.41) is 13.9. The molecule has 0 bridgehead atoms. The number of aromatic nitrogens is 2. The molecule has 3 N–H and O–H groups in total. The molecule has 3 rings (SSSR count). The number of nitrogens with zero attached hydrogens (tertiary/aromatic N) is 3. The first-order valence-electron chi connectivity index (χ1n) is 10.4. The molecule has 1 amide bonds. The number of carbonyl (C=O) groups excluding carboxylic acids is 1. The van der Waals surface area contributed by atoms with E-state index in [0.717, 1.165) is 42.5 Å². The van der Waals surface area contributed by atoms with E-state index in [1.54, 1.807) is 25.4 Å². The Morgan fingerprint density at radius 3 is 2.68 bits per heavy atom. The van der Waals surface area contributed by atoms with Gasteiger partial charge >= 0.3 is 0 Å². The number of nitrogens with one attached hydrogen (secondary N) is 3. The van der Waals surface area contributed by atoms with Gasteiger partial charge in [0.15, 0.2) is 5.96 Å². The summed E-state index contributed by atoms with van der Waals surface area (Å²) in [5.74, 6) is 1.31. The van der Waals surface area contributed by atoms with Crippen LogP contribution in [0.5, 0.6) is 0 Å². The van der Waals surface area contributed by atoms with Crippen molar-refractivity contribution < 1.29 is 9.21 Å². The quantitative estimate of drug-likeness (QED) is 0.280. The zero-order chi connectivity index (χ0) is 22.1. The van der Waals surface area contributed by atoms with Crippen molar-refractivity contribution in [3.63, 3.8) is 0 Å². The van der Waals surface area contributed by atoms with Crippen LogP contribution >= 0.6 is 0 Å². The molecule has 0 unspecified atom stereocenters. The van der Waals surface area contributed by atoms with Crippen LogP contribution in [-0.4, -0.2) is 35.2 Å². The summed E-state index contributed by atoms with van der Waals surface area (Å²) in [6.45, 7) is 6.65. The third-order valence-electron chi connectivity index (χ3n) is 4.82. The highest BCUT2D eigenvalue weighted by molar-refractivity contribution is 5.94. The molecule has 0 aliphatic rings. The van der Waals surface area contributed by atoms with Crippen LogP contribution in [0.25, 0.3) is 0 Å². The average Bonchev–Trinajstić information content (AvgIpc) is 3.40. The minimum absolute atomic E-state index is 0.134. The number of rotatable bonds is 9. The Morgan fingerprint density at radius 2 is 1.97 bits per heavy atom. The second-order valence-electron chi connectivity index (χ2n) is 7.32. The fraction of sp³-hybridized carbons (Fsp3) is 0.348. The lowest BCUT2D eigenvalue weighted by Crippen LogP contribution is -2.37. The zero-order valence-corrected chi connectivity index (χ0v) is 18.3. The van der Waals surface area contributed by atoms with Gasteiger partial charge < -0.3 is 20.4 Å². The highest BCUT2D eigenvalue weighted by Gasteiger charge is 2.08. The average molecular weight is 423 g/mol. The maximum atomic E-state index is 12.4. The summed E-state index contributed by atoms with van der Waals surface area (Å²) < 4.78 is 7.27. The fourth-order valence-electron chi connectivity index (χ4n) is 3.25. The SMILES string of the molecule is CN=C(NCCCn1nc(C)cc1C)NCc1cccc(C(=O)NCc2ccco2)c1. The molecular weight excluding hydrogens is 392 g/mol. The highest BCUT2D eigenvalue weighted by Crippen LogP contribution is 2.07. The third-order valence-corrected chi connectivity index (χ3v) is 4.82. The van der Waals surface area contributed by atoms with Crippen LogP contribution < -0.4 is 16.0 Å². The normalized spacial score (nSPS) is 11.4. The highest BCUT2D eigenvalue weighted by atomic mass is 16.3. The lowest BCUT2D eigenvalue weighted by atomic mass is 10.1. The number of carbonyl (C=O) groups is 1. The predicted octanol–water partition coefficient (Wildman–Crippen LogP) is 2.78. The van der Waals surface area contributed by atoms with Crippen LogP contribution in [0.15, 0.2) is 58.1 Å². The molecule has 1 aromatic carbocycles.